The molecule has 1 heterocycles. The van der Waals surface area contributed by atoms with E-state index in [0.29, 0.717) is 6.42 Å². The smallest absolute Gasteiger partial charge is 0.243 e. The van der Waals surface area contributed by atoms with Gasteiger partial charge in [0.25, 0.3) is 0 Å². The summed E-state index contributed by atoms with van der Waals surface area (Å²) in [6, 6.07) is 8.27. The fourth-order valence-electron chi connectivity index (χ4n) is 6.42. The summed E-state index contributed by atoms with van der Waals surface area (Å²) in [5.74, 6) is -2.51. The molecule has 3 rings (SSSR count). The van der Waals surface area contributed by atoms with Crippen molar-refractivity contribution >= 4 is 17.7 Å². The van der Waals surface area contributed by atoms with Gasteiger partial charge in [-0.25, -0.2) is 0 Å². The van der Waals surface area contributed by atoms with Crippen molar-refractivity contribution in [3.8, 4) is 0 Å². The Morgan fingerprint density at radius 3 is 2.25 bits per heavy atom. The summed E-state index contributed by atoms with van der Waals surface area (Å²) in [6.07, 6.45) is 5.05. The number of hydrogen-bond donors (Lipinski definition) is 3. The molecule has 0 unspecified atom stereocenters. The number of nitrogens with zero attached hydrogens (tertiary/aromatic N) is 1. The predicted octanol–water partition coefficient (Wildman–Crippen LogP) is 2.93. The van der Waals surface area contributed by atoms with Gasteiger partial charge in [-0.05, 0) is 43.6 Å². The summed E-state index contributed by atoms with van der Waals surface area (Å²) in [7, 11) is 1.57. The zero-order valence-electron chi connectivity index (χ0n) is 22.7. The van der Waals surface area contributed by atoms with E-state index in [1.165, 1.54) is 0 Å². The molecule has 0 aromatic heterocycles. The first-order valence-electron chi connectivity index (χ1n) is 13.0. The third-order valence-electron chi connectivity index (χ3n) is 7.38. The second-order valence-electron chi connectivity index (χ2n) is 12.3. The van der Waals surface area contributed by atoms with Gasteiger partial charge in [0, 0.05) is 18.5 Å². The van der Waals surface area contributed by atoms with E-state index in [9.17, 15) is 19.5 Å². The van der Waals surface area contributed by atoms with Crippen molar-refractivity contribution in [2.45, 2.75) is 72.0 Å². The molecule has 1 aromatic carbocycles. The van der Waals surface area contributed by atoms with Crippen LogP contribution in [-0.2, 0) is 20.8 Å². The second-order valence-corrected chi connectivity index (χ2v) is 12.3. The zero-order valence-corrected chi connectivity index (χ0v) is 22.7. The number of fused-ring (bicyclic) bond motifs is 1. The largest absolute Gasteiger partial charge is 0.394 e. The zero-order chi connectivity index (χ0) is 26.8. The summed E-state index contributed by atoms with van der Waals surface area (Å²) in [6.45, 7) is 12.0. The van der Waals surface area contributed by atoms with Crippen molar-refractivity contribution in [1.82, 2.24) is 15.5 Å². The third-order valence-corrected chi connectivity index (χ3v) is 7.38. The predicted molar refractivity (Wildman–Crippen MR) is 141 cm³/mol. The van der Waals surface area contributed by atoms with Crippen LogP contribution in [0.25, 0.3) is 0 Å². The maximum absolute atomic E-state index is 14.0. The van der Waals surface area contributed by atoms with Crippen molar-refractivity contribution in [2.24, 2.45) is 29.1 Å². The van der Waals surface area contributed by atoms with Gasteiger partial charge in [-0.15, -0.1) is 0 Å². The van der Waals surface area contributed by atoms with Gasteiger partial charge < -0.3 is 20.6 Å². The molecule has 7 nitrogen and oxygen atoms in total. The summed E-state index contributed by atoms with van der Waals surface area (Å²) >= 11 is 0. The van der Waals surface area contributed by atoms with Crippen molar-refractivity contribution in [2.75, 3.05) is 13.7 Å². The molecule has 198 valence electrons. The van der Waals surface area contributed by atoms with Gasteiger partial charge in [0.2, 0.25) is 17.7 Å². The van der Waals surface area contributed by atoms with Crippen molar-refractivity contribution in [3.05, 3.63) is 48.0 Å². The monoisotopic (exact) mass is 497 g/mol. The molecular formula is C29H43N3O4. The summed E-state index contributed by atoms with van der Waals surface area (Å²) in [5, 5.41) is 16.3. The van der Waals surface area contributed by atoms with E-state index < -0.39 is 35.4 Å². The number of rotatable bonds is 8. The van der Waals surface area contributed by atoms with Gasteiger partial charge in [0.05, 0.1) is 24.5 Å². The van der Waals surface area contributed by atoms with Crippen LogP contribution < -0.4 is 10.6 Å². The molecule has 7 heteroatoms. The van der Waals surface area contributed by atoms with Crippen LogP contribution in [0.5, 0.6) is 0 Å². The molecule has 0 bridgehead atoms. The lowest BCUT2D eigenvalue weighted by atomic mass is 9.70. The quantitative estimate of drug-likeness (QED) is 0.481. The Balaban J connectivity index is 2.03. The van der Waals surface area contributed by atoms with Crippen LogP contribution in [0.3, 0.4) is 0 Å². The molecule has 0 radical (unpaired) electrons. The Hall–Kier alpha value is -2.67. The number of likely N-dealkylation sites (tertiary alicyclic amines) is 1. The highest BCUT2D eigenvalue weighted by Gasteiger charge is 2.58. The van der Waals surface area contributed by atoms with Gasteiger partial charge in [0.1, 0.15) is 6.04 Å². The molecule has 2 aliphatic rings. The van der Waals surface area contributed by atoms with Crippen LogP contribution in [0.1, 0.15) is 53.5 Å². The van der Waals surface area contributed by atoms with Crippen molar-refractivity contribution in [3.63, 3.8) is 0 Å². The molecule has 1 aromatic rings. The number of amides is 3. The Labute approximate surface area is 215 Å². The van der Waals surface area contributed by atoms with Gasteiger partial charge >= 0.3 is 0 Å². The lowest BCUT2D eigenvalue weighted by Crippen LogP contribution is -2.57. The number of carbonyl (C=O) groups excluding carboxylic acids is 3. The summed E-state index contributed by atoms with van der Waals surface area (Å²) < 4.78 is 0. The maximum Gasteiger partial charge on any atom is 0.243 e. The number of nitrogens with one attached hydrogen (secondary N) is 2. The van der Waals surface area contributed by atoms with Crippen LogP contribution >= 0.6 is 0 Å². The molecule has 0 saturated carbocycles. The van der Waals surface area contributed by atoms with E-state index in [1.54, 1.807) is 11.9 Å². The highest BCUT2D eigenvalue weighted by Crippen LogP contribution is 2.45. The molecule has 1 fully saturated rings. The SMILES string of the molecule is CNC(=O)[C@H]1[C@@H]2C(=O)N([C@@H](CO)Cc3ccccc3)[C@H](C(=O)NC(C)(C)CC(C)(C)C)[C@H]2C=C[C@H]1C. The van der Waals surface area contributed by atoms with E-state index in [2.05, 4.69) is 31.4 Å². The Kier molecular flexibility index (Phi) is 8.33. The maximum atomic E-state index is 14.0. The summed E-state index contributed by atoms with van der Waals surface area (Å²) in [4.78, 5) is 42.4. The topological polar surface area (TPSA) is 98.7 Å². The van der Waals surface area contributed by atoms with E-state index in [1.807, 2.05) is 63.3 Å². The fourth-order valence-corrected chi connectivity index (χ4v) is 6.42. The number of allylic oxidation sites excluding steroid dienone is 1. The normalized spacial score (nSPS) is 26.9. The van der Waals surface area contributed by atoms with Crippen molar-refractivity contribution < 1.29 is 19.5 Å². The van der Waals surface area contributed by atoms with Crippen LogP contribution in [0.15, 0.2) is 42.5 Å². The lowest BCUT2D eigenvalue weighted by molar-refractivity contribution is -0.143. The molecule has 1 aliphatic carbocycles. The first kappa shape index (κ1) is 27.9. The third kappa shape index (κ3) is 6.00. The van der Waals surface area contributed by atoms with Crippen LogP contribution in [0, 0.1) is 29.1 Å². The molecular weight excluding hydrogens is 454 g/mol. The van der Waals surface area contributed by atoms with Crippen LogP contribution in [0.4, 0.5) is 0 Å². The number of benzene rings is 1. The Morgan fingerprint density at radius 1 is 1.06 bits per heavy atom. The van der Waals surface area contributed by atoms with E-state index >= 15 is 0 Å². The standard InChI is InChI=1S/C29H43N3O4/c1-18-13-14-21-23(22(18)25(34)30-7)27(36)32(20(16-33)15-19-11-9-8-10-12-19)24(21)26(35)31-29(5,6)17-28(2,3)4/h8-14,18,20-24,33H,15-17H2,1-7H3,(H,30,34)(H,31,35)/t18-,20-,21+,22-,23-,24+/m1/s1. The second kappa shape index (κ2) is 10.8. The first-order chi connectivity index (χ1) is 16.8. The number of aliphatic hydroxyl groups is 1. The first-order valence-corrected chi connectivity index (χ1v) is 13.0. The molecule has 1 saturated heterocycles. The molecule has 1 aliphatic heterocycles. The van der Waals surface area contributed by atoms with E-state index in [4.69, 9.17) is 0 Å². The Bertz CT molecular complexity index is 982. The average molecular weight is 498 g/mol. The minimum atomic E-state index is -0.807. The molecule has 6 atom stereocenters. The van der Waals surface area contributed by atoms with Gasteiger partial charge in [-0.1, -0.05) is 70.2 Å². The number of aliphatic hydroxyl groups excluding tert-OH is 1. The summed E-state index contributed by atoms with van der Waals surface area (Å²) in [5.41, 5.74) is 0.469. The van der Waals surface area contributed by atoms with Gasteiger partial charge in [-0.3, -0.25) is 14.4 Å². The minimum Gasteiger partial charge on any atom is -0.394 e. The minimum absolute atomic E-state index is 0.00404. The van der Waals surface area contributed by atoms with Crippen molar-refractivity contribution in [1.29, 1.82) is 0 Å². The lowest BCUT2D eigenvalue weighted by Gasteiger charge is -2.38. The Morgan fingerprint density at radius 2 is 1.69 bits per heavy atom. The highest BCUT2D eigenvalue weighted by molar-refractivity contribution is 5.97. The van der Waals surface area contributed by atoms with Gasteiger partial charge in [0.15, 0.2) is 0 Å². The molecule has 36 heavy (non-hydrogen) atoms. The van der Waals surface area contributed by atoms with Crippen LogP contribution in [0.2, 0.25) is 0 Å². The number of carbonyl (C=O) groups is 3. The average Bonchev–Trinajstić information content (AvgIpc) is 3.08. The van der Waals surface area contributed by atoms with Crippen LogP contribution in [-0.4, -0.2) is 59.0 Å². The van der Waals surface area contributed by atoms with Gasteiger partial charge in [-0.2, -0.15) is 0 Å². The van der Waals surface area contributed by atoms with E-state index in [-0.39, 0.29) is 35.7 Å². The molecule has 0 spiro atoms. The molecule has 3 N–H and O–H groups in total. The number of hydrogen-bond acceptors (Lipinski definition) is 4. The van der Waals surface area contributed by atoms with E-state index in [0.717, 1.165) is 12.0 Å². The fraction of sp³-hybridized carbons (Fsp3) is 0.621. The molecule has 3 amide bonds. The highest BCUT2D eigenvalue weighted by atomic mass is 16.3.